The molecule has 1 unspecified atom stereocenters. The molecular formula is C18H22N2O5. The maximum Gasteiger partial charge on any atom is 0.270 e. The highest BCUT2D eigenvalue weighted by Gasteiger charge is 2.48. The first-order valence-corrected chi connectivity index (χ1v) is 8.78. The number of para-hydroxylation sites is 2. The molecule has 3 aliphatic heterocycles. The largest absolute Gasteiger partial charge is 0.447 e. The molecule has 2 amide bonds. The van der Waals surface area contributed by atoms with Crippen molar-refractivity contribution in [2.24, 2.45) is 0 Å². The van der Waals surface area contributed by atoms with E-state index in [1.165, 1.54) is 4.90 Å². The second kappa shape index (κ2) is 6.22. The molecule has 2 fully saturated rings. The maximum atomic E-state index is 12.6. The summed E-state index contributed by atoms with van der Waals surface area (Å²) in [7, 11) is 0. The smallest absolute Gasteiger partial charge is 0.270 e. The normalized spacial score (nSPS) is 24.7. The van der Waals surface area contributed by atoms with Crippen molar-refractivity contribution in [1.82, 2.24) is 9.80 Å². The summed E-state index contributed by atoms with van der Waals surface area (Å²) in [6.45, 7) is 1.38. The number of hydrogen-bond donors (Lipinski definition) is 1. The van der Waals surface area contributed by atoms with Gasteiger partial charge in [0.25, 0.3) is 11.7 Å². The number of amides is 2. The fourth-order valence-corrected chi connectivity index (χ4v) is 3.68. The van der Waals surface area contributed by atoms with E-state index in [-0.39, 0.29) is 18.4 Å². The molecule has 1 aromatic carbocycles. The Kier molecular flexibility index (Phi) is 4.03. The van der Waals surface area contributed by atoms with E-state index in [9.17, 15) is 14.7 Å². The highest BCUT2D eigenvalue weighted by atomic mass is 16.7. The Labute approximate surface area is 146 Å². The van der Waals surface area contributed by atoms with Crippen molar-refractivity contribution in [3.8, 4) is 11.5 Å². The minimum Gasteiger partial charge on any atom is -0.447 e. The number of aliphatic hydroxyl groups excluding tert-OH is 1. The summed E-state index contributed by atoms with van der Waals surface area (Å²) >= 11 is 0. The van der Waals surface area contributed by atoms with E-state index < -0.39 is 11.9 Å². The topological polar surface area (TPSA) is 79.3 Å². The Morgan fingerprint density at radius 2 is 1.92 bits per heavy atom. The third-order valence-electron chi connectivity index (χ3n) is 5.07. The second-order valence-corrected chi connectivity index (χ2v) is 6.90. The zero-order chi connectivity index (χ0) is 17.4. The Balaban J connectivity index is 1.39. The van der Waals surface area contributed by atoms with E-state index >= 15 is 0 Å². The SMILES string of the molecule is O=C(CN1CCCCC(O)C1=O)N1CCC2(C1)Oc1ccccc1O2. The zero-order valence-electron chi connectivity index (χ0n) is 14.0. The van der Waals surface area contributed by atoms with Crippen molar-refractivity contribution in [2.45, 2.75) is 37.6 Å². The van der Waals surface area contributed by atoms with Gasteiger partial charge < -0.3 is 24.4 Å². The number of benzene rings is 1. The summed E-state index contributed by atoms with van der Waals surface area (Å²) in [5.74, 6) is 0.0926. The van der Waals surface area contributed by atoms with Crippen LogP contribution in [0.4, 0.5) is 0 Å². The van der Waals surface area contributed by atoms with Crippen molar-refractivity contribution in [3.05, 3.63) is 24.3 Å². The fourth-order valence-electron chi connectivity index (χ4n) is 3.68. The number of carbonyl (C=O) groups is 2. The van der Waals surface area contributed by atoms with Crippen LogP contribution in [0.2, 0.25) is 0 Å². The van der Waals surface area contributed by atoms with Gasteiger partial charge in [-0.15, -0.1) is 0 Å². The third-order valence-corrected chi connectivity index (χ3v) is 5.07. The highest BCUT2D eigenvalue weighted by molar-refractivity contribution is 5.87. The van der Waals surface area contributed by atoms with Crippen LogP contribution in [0.1, 0.15) is 25.7 Å². The number of carbonyl (C=O) groups excluding carboxylic acids is 2. The van der Waals surface area contributed by atoms with E-state index in [2.05, 4.69) is 0 Å². The van der Waals surface area contributed by atoms with Gasteiger partial charge >= 0.3 is 0 Å². The minimum atomic E-state index is -0.990. The molecular weight excluding hydrogens is 324 g/mol. The molecule has 1 atom stereocenters. The minimum absolute atomic E-state index is 0.00107. The molecule has 25 heavy (non-hydrogen) atoms. The van der Waals surface area contributed by atoms with Crippen LogP contribution >= 0.6 is 0 Å². The summed E-state index contributed by atoms with van der Waals surface area (Å²) in [5.41, 5.74) is 0. The van der Waals surface area contributed by atoms with E-state index in [0.717, 1.165) is 12.8 Å². The van der Waals surface area contributed by atoms with Gasteiger partial charge in [-0.1, -0.05) is 12.1 Å². The quantitative estimate of drug-likeness (QED) is 0.855. The summed E-state index contributed by atoms with van der Waals surface area (Å²) in [6, 6.07) is 7.47. The summed E-state index contributed by atoms with van der Waals surface area (Å²) < 4.78 is 11.9. The van der Waals surface area contributed by atoms with Gasteiger partial charge in [0, 0.05) is 19.5 Å². The lowest BCUT2D eigenvalue weighted by Gasteiger charge is -2.26. The Hall–Kier alpha value is -2.28. The predicted octanol–water partition coefficient (Wildman–Crippen LogP) is 0.760. The van der Waals surface area contributed by atoms with Crippen molar-refractivity contribution in [1.29, 1.82) is 0 Å². The van der Waals surface area contributed by atoms with Crippen molar-refractivity contribution < 1.29 is 24.2 Å². The van der Waals surface area contributed by atoms with E-state index in [0.29, 0.717) is 44.0 Å². The van der Waals surface area contributed by atoms with Crippen molar-refractivity contribution >= 4 is 11.8 Å². The fraction of sp³-hybridized carbons (Fsp3) is 0.556. The van der Waals surface area contributed by atoms with Crippen LogP contribution in [0.5, 0.6) is 11.5 Å². The van der Waals surface area contributed by atoms with Crippen LogP contribution in [-0.2, 0) is 9.59 Å². The van der Waals surface area contributed by atoms with Gasteiger partial charge in [0.2, 0.25) is 5.91 Å². The first kappa shape index (κ1) is 16.2. The molecule has 134 valence electrons. The van der Waals surface area contributed by atoms with Crippen molar-refractivity contribution in [2.75, 3.05) is 26.2 Å². The van der Waals surface area contributed by atoms with Crippen LogP contribution in [0, 0.1) is 0 Å². The lowest BCUT2D eigenvalue weighted by atomic mass is 10.2. The van der Waals surface area contributed by atoms with E-state index in [1.807, 2.05) is 24.3 Å². The molecule has 2 saturated heterocycles. The molecule has 4 rings (SSSR count). The van der Waals surface area contributed by atoms with Crippen LogP contribution < -0.4 is 9.47 Å². The van der Waals surface area contributed by atoms with Gasteiger partial charge in [-0.2, -0.15) is 0 Å². The predicted molar refractivity (Wildman–Crippen MR) is 88.1 cm³/mol. The maximum absolute atomic E-state index is 12.6. The Morgan fingerprint density at radius 1 is 1.20 bits per heavy atom. The molecule has 1 spiro atoms. The second-order valence-electron chi connectivity index (χ2n) is 6.90. The molecule has 0 radical (unpaired) electrons. The molecule has 0 aromatic heterocycles. The average molecular weight is 346 g/mol. The van der Waals surface area contributed by atoms with Crippen LogP contribution in [-0.4, -0.2) is 64.8 Å². The third kappa shape index (κ3) is 3.04. The lowest BCUT2D eigenvalue weighted by molar-refractivity contribution is -0.145. The first-order valence-electron chi connectivity index (χ1n) is 8.78. The number of likely N-dealkylation sites (tertiary alicyclic amines) is 2. The van der Waals surface area contributed by atoms with Gasteiger partial charge in [-0.05, 0) is 31.4 Å². The summed E-state index contributed by atoms with van der Waals surface area (Å²) in [5, 5.41) is 9.82. The zero-order valence-corrected chi connectivity index (χ0v) is 14.0. The van der Waals surface area contributed by atoms with E-state index in [4.69, 9.17) is 9.47 Å². The number of ether oxygens (including phenoxy) is 2. The van der Waals surface area contributed by atoms with Gasteiger partial charge in [0.15, 0.2) is 11.5 Å². The summed E-state index contributed by atoms with van der Waals surface area (Å²) in [6.07, 6.45) is 1.67. The monoisotopic (exact) mass is 346 g/mol. The summed E-state index contributed by atoms with van der Waals surface area (Å²) in [4.78, 5) is 27.9. The first-order chi connectivity index (χ1) is 12.1. The molecule has 7 nitrogen and oxygen atoms in total. The number of fused-ring (bicyclic) bond motifs is 1. The molecule has 0 bridgehead atoms. The van der Waals surface area contributed by atoms with Crippen LogP contribution in [0.3, 0.4) is 0 Å². The molecule has 0 saturated carbocycles. The Bertz CT molecular complexity index is 667. The molecule has 0 aliphatic carbocycles. The number of hydrogen-bond acceptors (Lipinski definition) is 5. The van der Waals surface area contributed by atoms with Gasteiger partial charge in [0.05, 0.1) is 13.1 Å². The van der Waals surface area contributed by atoms with Crippen molar-refractivity contribution in [3.63, 3.8) is 0 Å². The van der Waals surface area contributed by atoms with Gasteiger partial charge in [0.1, 0.15) is 6.10 Å². The Morgan fingerprint density at radius 3 is 2.64 bits per heavy atom. The van der Waals surface area contributed by atoms with E-state index in [1.54, 1.807) is 4.90 Å². The average Bonchev–Trinajstić information content (AvgIpc) is 3.15. The molecule has 1 aromatic rings. The molecule has 7 heteroatoms. The lowest BCUT2D eigenvalue weighted by Crippen LogP contribution is -2.47. The number of aliphatic hydroxyl groups is 1. The highest BCUT2D eigenvalue weighted by Crippen LogP contribution is 2.42. The number of rotatable bonds is 2. The standard InChI is InChI=1S/C18H22N2O5/c21-13-5-3-4-9-19(17(13)23)11-16(22)20-10-8-18(12-20)24-14-6-1-2-7-15(14)25-18/h1-2,6-7,13,21H,3-5,8-12H2. The van der Waals surface area contributed by atoms with Crippen LogP contribution in [0.25, 0.3) is 0 Å². The van der Waals surface area contributed by atoms with Gasteiger partial charge in [-0.3, -0.25) is 9.59 Å². The van der Waals surface area contributed by atoms with Crippen LogP contribution in [0.15, 0.2) is 24.3 Å². The molecule has 1 N–H and O–H groups in total. The molecule has 3 aliphatic rings. The number of nitrogens with zero attached hydrogens (tertiary/aromatic N) is 2. The molecule has 3 heterocycles. The van der Waals surface area contributed by atoms with Gasteiger partial charge in [-0.25, -0.2) is 0 Å².